The molecular weight excluding hydrogens is 382 g/mol. The minimum absolute atomic E-state index is 0.0371. The summed E-state index contributed by atoms with van der Waals surface area (Å²) in [5.74, 6) is -1.12. The van der Waals surface area contributed by atoms with Crippen LogP contribution in [0.4, 0.5) is 5.69 Å². The molecule has 1 amide bonds. The maximum Gasteiger partial charge on any atom is 0.337 e. The van der Waals surface area contributed by atoms with E-state index in [1.165, 1.54) is 42.1 Å². The summed E-state index contributed by atoms with van der Waals surface area (Å²) in [7, 11) is 1.26. The lowest BCUT2D eigenvalue weighted by molar-refractivity contribution is 0.0600. The van der Waals surface area contributed by atoms with Gasteiger partial charge < -0.3 is 10.1 Å². The van der Waals surface area contributed by atoms with Crippen LogP contribution < -0.4 is 10.9 Å². The number of hydrogen-bond acceptors (Lipinski definition) is 5. The molecule has 0 aliphatic carbocycles. The Bertz CT molecular complexity index is 1080. The molecule has 1 aromatic heterocycles. The van der Waals surface area contributed by atoms with Gasteiger partial charge in [0.15, 0.2) is 0 Å². The van der Waals surface area contributed by atoms with Crippen LogP contribution in [0.25, 0.3) is 0 Å². The van der Waals surface area contributed by atoms with Crippen molar-refractivity contribution in [1.82, 2.24) is 9.78 Å². The molecule has 0 bridgehead atoms. The first-order valence-electron chi connectivity index (χ1n) is 8.29. The Morgan fingerprint density at radius 2 is 1.86 bits per heavy atom. The molecule has 7 nitrogen and oxygen atoms in total. The lowest BCUT2D eigenvalue weighted by Gasteiger charge is -2.10. The van der Waals surface area contributed by atoms with Crippen molar-refractivity contribution in [3.63, 3.8) is 0 Å². The van der Waals surface area contributed by atoms with Crippen molar-refractivity contribution in [2.75, 3.05) is 12.4 Å². The van der Waals surface area contributed by atoms with Crippen molar-refractivity contribution in [2.24, 2.45) is 0 Å². The minimum Gasteiger partial charge on any atom is -0.465 e. The van der Waals surface area contributed by atoms with Crippen LogP contribution in [0.3, 0.4) is 0 Å². The number of methoxy groups -OCH3 is 1. The molecule has 28 heavy (non-hydrogen) atoms. The summed E-state index contributed by atoms with van der Waals surface area (Å²) in [5.41, 5.74) is 1.06. The maximum absolute atomic E-state index is 12.6. The normalized spacial score (nSPS) is 10.4. The molecule has 8 heteroatoms. The van der Waals surface area contributed by atoms with Gasteiger partial charge in [0, 0.05) is 6.07 Å². The minimum atomic E-state index is -0.564. The van der Waals surface area contributed by atoms with Crippen molar-refractivity contribution < 1.29 is 14.3 Å². The van der Waals surface area contributed by atoms with Gasteiger partial charge in [-0.1, -0.05) is 41.9 Å². The molecule has 142 valence electrons. The van der Waals surface area contributed by atoms with Crippen LogP contribution in [-0.4, -0.2) is 28.8 Å². The first kappa shape index (κ1) is 19.3. The van der Waals surface area contributed by atoms with E-state index in [0.29, 0.717) is 0 Å². The van der Waals surface area contributed by atoms with Crippen molar-refractivity contribution in [2.45, 2.75) is 6.54 Å². The van der Waals surface area contributed by atoms with Crippen LogP contribution in [0, 0.1) is 0 Å². The van der Waals surface area contributed by atoms with Gasteiger partial charge in [-0.2, -0.15) is 5.10 Å². The van der Waals surface area contributed by atoms with Crippen molar-refractivity contribution in [3.05, 3.63) is 92.9 Å². The Labute approximate surface area is 165 Å². The van der Waals surface area contributed by atoms with Gasteiger partial charge in [0.2, 0.25) is 0 Å². The van der Waals surface area contributed by atoms with Gasteiger partial charge in [0.1, 0.15) is 5.69 Å². The Balaban J connectivity index is 1.84. The van der Waals surface area contributed by atoms with Crippen molar-refractivity contribution in [1.29, 1.82) is 0 Å². The summed E-state index contributed by atoms with van der Waals surface area (Å²) in [6.45, 7) is 0.235. The second kappa shape index (κ2) is 8.49. The molecule has 0 unspecified atom stereocenters. The van der Waals surface area contributed by atoms with E-state index < -0.39 is 11.9 Å². The second-order valence-electron chi connectivity index (χ2n) is 5.84. The molecule has 0 atom stereocenters. The number of rotatable bonds is 5. The predicted octanol–water partition coefficient (Wildman–Crippen LogP) is 2.98. The first-order valence-corrected chi connectivity index (χ1v) is 8.67. The van der Waals surface area contributed by atoms with Gasteiger partial charge in [-0.25, -0.2) is 9.48 Å². The first-order chi connectivity index (χ1) is 13.5. The van der Waals surface area contributed by atoms with E-state index in [9.17, 15) is 14.4 Å². The second-order valence-corrected chi connectivity index (χ2v) is 6.25. The zero-order valence-electron chi connectivity index (χ0n) is 14.9. The molecule has 0 saturated heterocycles. The molecule has 1 N–H and O–H groups in total. The third kappa shape index (κ3) is 4.44. The van der Waals surface area contributed by atoms with Crippen LogP contribution in [0.1, 0.15) is 26.4 Å². The molecule has 3 rings (SSSR count). The molecule has 0 radical (unpaired) electrons. The molecule has 0 aliphatic heterocycles. The van der Waals surface area contributed by atoms with E-state index >= 15 is 0 Å². The summed E-state index contributed by atoms with van der Waals surface area (Å²) >= 11 is 6.10. The quantitative estimate of drug-likeness (QED) is 0.668. The molecule has 0 aliphatic rings. The van der Waals surface area contributed by atoms with Crippen molar-refractivity contribution in [3.8, 4) is 0 Å². The average Bonchev–Trinajstić information content (AvgIpc) is 2.71. The Morgan fingerprint density at radius 1 is 1.11 bits per heavy atom. The van der Waals surface area contributed by atoms with Crippen LogP contribution in [0.5, 0.6) is 0 Å². The van der Waals surface area contributed by atoms with Gasteiger partial charge in [0.25, 0.3) is 11.5 Å². The van der Waals surface area contributed by atoms with Crippen LogP contribution in [0.2, 0.25) is 5.02 Å². The molecule has 0 fully saturated rings. The Morgan fingerprint density at radius 3 is 2.57 bits per heavy atom. The highest BCUT2D eigenvalue weighted by molar-refractivity contribution is 6.34. The standard InChI is InChI=1S/C20H16ClN3O4/c1-28-20(27)14-7-8-15(21)17(11-14)22-19(26)16-9-10-18(25)24(23-16)12-13-5-3-2-4-6-13/h2-11H,12H2,1H3,(H,22,26). The van der Waals surface area contributed by atoms with E-state index in [0.717, 1.165) is 5.56 Å². The zero-order valence-corrected chi connectivity index (χ0v) is 15.6. The van der Waals surface area contributed by atoms with Gasteiger partial charge in [-0.3, -0.25) is 9.59 Å². The topological polar surface area (TPSA) is 90.3 Å². The largest absolute Gasteiger partial charge is 0.465 e. The fraction of sp³-hybridized carbons (Fsp3) is 0.100. The number of halogens is 1. The summed E-state index contributed by atoms with van der Waals surface area (Å²) in [6, 6.07) is 16.3. The molecule has 3 aromatic rings. The fourth-order valence-corrected chi connectivity index (χ4v) is 2.66. The van der Waals surface area contributed by atoms with E-state index in [2.05, 4.69) is 15.2 Å². The molecule has 1 heterocycles. The monoisotopic (exact) mass is 397 g/mol. The highest BCUT2D eigenvalue weighted by Gasteiger charge is 2.14. The summed E-state index contributed by atoms with van der Waals surface area (Å²) in [4.78, 5) is 36.3. The molecular formula is C20H16ClN3O4. The van der Waals surface area contributed by atoms with Crippen LogP contribution in [0.15, 0.2) is 65.5 Å². The highest BCUT2D eigenvalue weighted by Crippen LogP contribution is 2.24. The number of aromatic nitrogens is 2. The summed E-state index contributed by atoms with van der Waals surface area (Å²) < 4.78 is 5.87. The smallest absolute Gasteiger partial charge is 0.337 e. The SMILES string of the molecule is COC(=O)c1ccc(Cl)c(NC(=O)c2ccc(=O)n(Cc3ccccc3)n2)c1. The van der Waals surface area contributed by atoms with Crippen LogP contribution >= 0.6 is 11.6 Å². The van der Waals surface area contributed by atoms with Crippen LogP contribution in [-0.2, 0) is 11.3 Å². The number of amides is 1. The molecule has 0 spiro atoms. The lowest BCUT2D eigenvalue weighted by Crippen LogP contribution is -2.26. The Kier molecular flexibility index (Phi) is 5.86. The number of ether oxygens (including phenoxy) is 1. The van der Waals surface area contributed by atoms with E-state index in [-0.39, 0.29) is 34.1 Å². The number of esters is 1. The van der Waals surface area contributed by atoms with E-state index in [1.807, 2.05) is 30.3 Å². The third-order valence-corrected chi connectivity index (χ3v) is 4.24. The molecule has 0 saturated carbocycles. The van der Waals surface area contributed by atoms with Gasteiger partial charge in [0.05, 0.1) is 29.9 Å². The maximum atomic E-state index is 12.6. The molecule has 2 aromatic carbocycles. The summed E-state index contributed by atoms with van der Waals surface area (Å²) in [5, 5.41) is 6.97. The van der Waals surface area contributed by atoms with Gasteiger partial charge in [-0.05, 0) is 29.8 Å². The number of anilines is 1. The average molecular weight is 398 g/mol. The Hall–Kier alpha value is -3.45. The zero-order chi connectivity index (χ0) is 20.1. The fourth-order valence-electron chi connectivity index (χ4n) is 2.49. The lowest BCUT2D eigenvalue weighted by atomic mass is 10.2. The number of carbonyl (C=O) groups excluding carboxylic acids is 2. The van der Waals surface area contributed by atoms with E-state index in [4.69, 9.17) is 11.6 Å². The van der Waals surface area contributed by atoms with Gasteiger partial charge >= 0.3 is 5.97 Å². The van der Waals surface area contributed by atoms with Crippen molar-refractivity contribution >= 4 is 29.2 Å². The van der Waals surface area contributed by atoms with E-state index in [1.54, 1.807) is 0 Å². The van der Waals surface area contributed by atoms with Gasteiger partial charge in [-0.15, -0.1) is 0 Å². The predicted molar refractivity (Wildman–Crippen MR) is 105 cm³/mol. The highest BCUT2D eigenvalue weighted by atomic mass is 35.5. The number of hydrogen-bond donors (Lipinski definition) is 1. The number of nitrogens with one attached hydrogen (secondary N) is 1. The third-order valence-electron chi connectivity index (χ3n) is 3.91. The number of benzene rings is 2. The summed E-state index contributed by atoms with van der Waals surface area (Å²) in [6.07, 6.45) is 0. The number of carbonyl (C=O) groups is 2. The number of nitrogens with zero attached hydrogens (tertiary/aromatic N) is 2.